The standard InChI is InChI=1S/C12H22N4O3/c17-11-9-14-3-1-13-2-4-15(10-12(18)19)6-8-16(11)7-5-14/h13H,1-10H2,(H,18,19). The largest absolute Gasteiger partial charge is 0.480 e. The third kappa shape index (κ3) is 4.45. The fourth-order valence-corrected chi connectivity index (χ4v) is 2.51. The number of aliphatic carboxylic acids is 1. The zero-order valence-electron chi connectivity index (χ0n) is 11.2. The van der Waals surface area contributed by atoms with Crippen molar-refractivity contribution in [3.05, 3.63) is 0 Å². The van der Waals surface area contributed by atoms with Crippen molar-refractivity contribution in [3.63, 3.8) is 0 Å². The van der Waals surface area contributed by atoms with Crippen LogP contribution in [0.4, 0.5) is 0 Å². The van der Waals surface area contributed by atoms with E-state index in [0.29, 0.717) is 26.2 Å². The second kappa shape index (κ2) is 6.83. The van der Waals surface area contributed by atoms with Crippen LogP contribution in [0, 0.1) is 0 Å². The maximum Gasteiger partial charge on any atom is 0.317 e. The Kier molecular flexibility index (Phi) is 5.12. The number of amides is 1. The van der Waals surface area contributed by atoms with Crippen LogP contribution in [0.2, 0.25) is 0 Å². The summed E-state index contributed by atoms with van der Waals surface area (Å²) in [5, 5.41) is 12.2. The lowest BCUT2D eigenvalue weighted by Crippen LogP contribution is -2.54. The van der Waals surface area contributed by atoms with Gasteiger partial charge < -0.3 is 15.3 Å². The van der Waals surface area contributed by atoms with Gasteiger partial charge >= 0.3 is 5.97 Å². The fourth-order valence-electron chi connectivity index (χ4n) is 2.51. The van der Waals surface area contributed by atoms with E-state index in [1.807, 2.05) is 9.80 Å². The van der Waals surface area contributed by atoms with E-state index in [-0.39, 0.29) is 12.5 Å². The van der Waals surface area contributed by atoms with Crippen molar-refractivity contribution < 1.29 is 14.7 Å². The Bertz CT molecular complexity index is 335. The summed E-state index contributed by atoms with van der Waals surface area (Å²) >= 11 is 0. The van der Waals surface area contributed by atoms with E-state index < -0.39 is 5.97 Å². The molecule has 0 aliphatic carbocycles. The number of carbonyl (C=O) groups is 2. The van der Waals surface area contributed by atoms with Crippen molar-refractivity contribution in [3.8, 4) is 0 Å². The SMILES string of the molecule is O=C(O)CN1CCNCCN2CCN(CC1)C(=O)C2. The van der Waals surface area contributed by atoms with Crippen LogP contribution >= 0.6 is 0 Å². The number of hydrogen-bond acceptors (Lipinski definition) is 5. The van der Waals surface area contributed by atoms with Crippen LogP contribution < -0.4 is 5.32 Å². The van der Waals surface area contributed by atoms with Crippen molar-refractivity contribution in [1.29, 1.82) is 0 Å². The fraction of sp³-hybridized carbons (Fsp3) is 0.833. The van der Waals surface area contributed by atoms with E-state index in [0.717, 1.165) is 32.7 Å². The Morgan fingerprint density at radius 2 is 1.84 bits per heavy atom. The van der Waals surface area contributed by atoms with Gasteiger partial charge in [0.25, 0.3) is 0 Å². The number of carbonyl (C=O) groups excluding carboxylic acids is 1. The molecule has 1 atom stereocenters. The molecule has 0 spiro atoms. The highest BCUT2D eigenvalue weighted by molar-refractivity contribution is 5.79. The van der Waals surface area contributed by atoms with Gasteiger partial charge in [-0.05, 0) is 0 Å². The van der Waals surface area contributed by atoms with Gasteiger partial charge in [-0.3, -0.25) is 19.4 Å². The number of fused-ring (bicyclic) bond motifs is 9. The van der Waals surface area contributed by atoms with Crippen LogP contribution in [0.25, 0.3) is 0 Å². The maximum absolute atomic E-state index is 11.9. The van der Waals surface area contributed by atoms with Gasteiger partial charge in [-0.25, -0.2) is 0 Å². The molecular weight excluding hydrogens is 248 g/mol. The first kappa shape index (κ1) is 14.2. The molecule has 0 radical (unpaired) electrons. The Balaban J connectivity index is 1.94. The summed E-state index contributed by atoms with van der Waals surface area (Å²) in [6.45, 7) is 6.64. The Morgan fingerprint density at radius 1 is 1.11 bits per heavy atom. The average molecular weight is 270 g/mol. The lowest BCUT2D eigenvalue weighted by molar-refractivity contribution is -0.138. The van der Waals surface area contributed by atoms with Crippen molar-refractivity contribution in [2.45, 2.75) is 0 Å². The summed E-state index contributed by atoms with van der Waals surface area (Å²) in [5.41, 5.74) is 0. The summed E-state index contributed by atoms with van der Waals surface area (Å²) in [6, 6.07) is 0. The molecule has 2 N–H and O–H groups in total. The molecule has 1 amide bonds. The Labute approximate surface area is 113 Å². The van der Waals surface area contributed by atoms with Crippen molar-refractivity contribution >= 4 is 11.9 Å². The minimum atomic E-state index is -0.816. The number of nitrogens with zero attached hydrogens (tertiary/aromatic N) is 3. The van der Waals surface area contributed by atoms with Crippen LogP contribution in [0.5, 0.6) is 0 Å². The molecule has 2 bridgehead atoms. The molecule has 7 nitrogen and oxygen atoms in total. The number of hydrogen-bond donors (Lipinski definition) is 2. The maximum atomic E-state index is 11.9. The summed E-state index contributed by atoms with van der Waals surface area (Å²) in [6.07, 6.45) is 0. The van der Waals surface area contributed by atoms with E-state index in [9.17, 15) is 9.59 Å². The number of rotatable bonds is 2. The molecule has 3 aliphatic rings. The first-order valence-electron chi connectivity index (χ1n) is 6.80. The van der Waals surface area contributed by atoms with Crippen LogP contribution in [0.3, 0.4) is 0 Å². The molecule has 0 aromatic rings. The Hall–Kier alpha value is -1.18. The van der Waals surface area contributed by atoms with Gasteiger partial charge in [-0.2, -0.15) is 0 Å². The van der Waals surface area contributed by atoms with Crippen LogP contribution in [0.1, 0.15) is 0 Å². The number of carboxylic acids is 1. The Morgan fingerprint density at radius 3 is 2.58 bits per heavy atom. The first-order chi connectivity index (χ1) is 9.15. The normalized spacial score (nSPS) is 26.8. The average Bonchev–Trinajstić information content (AvgIpc) is 2.34. The van der Waals surface area contributed by atoms with Crippen molar-refractivity contribution in [2.24, 2.45) is 0 Å². The molecule has 0 aromatic heterocycles. The van der Waals surface area contributed by atoms with E-state index >= 15 is 0 Å². The monoisotopic (exact) mass is 270 g/mol. The van der Waals surface area contributed by atoms with Gasteiger partial charge in [0.1, 0.15) is 0 Å². The van der Waals surface area contributed by atoms with Gasteiger partial charge in [0, 0.05) is 52.4 Å². The highest BCUT2D eigenvalue weighted by atomic mass is 16.4. The van der Waals surface area contributed by atoms with E-state index in [4.69, 9.17) is 5.11 Å². The van der Waals surface area contributed by atoms with E-state index in [1.54, 1.807) is 0 Å². The minimum Gasteiger partial charge on any atom is -0.480 e. The second-order valence-corrected chi connectivity index (χ2v) is 5.08. The molecule has 1 unspecified atom stereocenters. The van der Waals surface area contributed by atoms with Gasteiger partial charge in [-0.15, -0.1) is 0 Å². The zero-order chi connectivity index (χ0) is 13.7. The predicted molar refractivity (Wildman–Crippen MR) is 70.0 cm³/mol. The van der Waals surface area contributed by atoms with E-state index in [1.165, 1.54) is 0 Å². The number of carboxylic acid groups (broad SMARTS) is 1. The molecule has 0 aromatic carbocycles. The number of piperazine rings is 1. The highest BCUT2D eigenvalue weighted by Crippen LogP contribution is 2.04. The molecule has 3 aliphatic heterocycles. The molecule has 108 valence electrons. The molecule has 3 rings (SSSR count). The van der Waals surface area contributed by atoms with Crippen LogP contribution in [-0.4, -0.2) is 97.1 Å². The summed E-state index contributed by atoms with van der Waals surface area (Å²) in [7, 11) is 0. The molecular formula is C12H22N4O3. The quantitative estimate of drug-likeness (QED) is 0.612. The van der Waals surface area contributed by atoms with Crippen molar-refractivity contribution in [1.82, 2.24) is 20.0 Å². The minimum absolute atomic E-state index is 0.0375. The van der Waals surface area contributed by atoms with Gasteiger partial charge in [0.05, 0.1) is 13.1 Å². The van der Waals surface area contributed by atoms with Crippen molar-refractivity contribution in [2.75, 3.05) is 65.4 Å². The third-order valence-electron chi connectivity index (χ3n) is 3.65. The topological polar surface area (TPSA) is 76.1 Å². The van der Waals surface area contributed by atoms with Crippen LogP contribution in [0.15, 0.2) is 0 Å². The lowest BCUT2D eigenvalue weighted by atomic mass is 10.2. The molecule has 3 heterocycles. The molecule has 0 saturated carbocycles. The third-order valence-corrected chi connectivity index (χ3v) is 3.65. The smallest absolute Gasteiger partial charge is 0.317 e. The zero-order valence-corrected chi connectivity index (χ0v) is 11.2. The molecule has 3 fully saturated rings. The van der Waals surface area contributed by atoms with Gasteiger partial charge in [0.15, 0.2) is 0 Å². The van der Waals surface area contributed by atoms with Crippen LogP contribution in [-0.2, 0) is 9.59 Å². The second-order valence-electron chi connectivity index (χ2n) is 5.08. The summed E-state index contributed by atoms with van der Waals surface area (Å²) in [5.74, 6) is -0.662. The van der Waals surface area contributed by atoms with Gasteiger partial charge in [0.2, 0.25) is 5.91 Å². The summed E-state index contributed by atoms with van der Waals surface area (Å²) < 4.78 is 0. The number of nitrogens with one attached hydrogen (secondary N) is 1. The molecule has 7 heteroatoms. The lowest BCUT2D eigenvalue weighted by Gasteiger charge is -2.36. The molecule has 19 heavy (non-hydrogen) atoms. The first-order valence-corrected chi connectivity index (χ1v) is 6.80. The molecule has 3 saturated heterocycles. The highest BCUT2D eigenvalue weighted by Gasteiger charge is 2.24. The summed E-state index contributed by atoms with van der Waals surface area (Å²) in [4.78, 5) is 28.7. The van der Waals surface area contributed by atoms with Gasteiger partial charge in [-0.1, -0.05) is 0 Å². The predicted octanol–water partition coefficient (Wildman–Crippen LogP) is -1.88. The van der Waals surface area contributed by atoms with E-state index in [2.05, 4.69) is 10.2 Å².